The Balaban J connectivity index is 1.95. The van der Waals surface area contributed by atoms with Crippen molar-refractivity contribution in [1.82, 2.24) is 10.2 Å². The van der Waals surface area contributed by atoms with Gasteiger partial charge in [-0.2, -0.15) is 0 Å². The van der Waals surface area contributed by atoms with Crippen molar-refractivity contribution in [1.29, 1.82) is 0 Å². The maximum atomic E-state index is 3.54. The van der Waals surface area contributed by atoms with Crippen LogP contribution in [0.3, 0.4) is 0 Å². The molecule has 1 aromatic carbocycles. The van der Waals surface area contributed by atoms with Crippen LogP contribution >= 0.6 is 0 Å². The Morgan fingerprint density at radius 1 is 1.10 bits per heavy atom. The minimum Gasteiger partial charge on any atom is -0.313 e. The molecule has 1 N–H and O–H groups in total. The molecule has 118 valence electrons. The molecule has 1 aliphatic rings. The van der Waals surface area contributed by atoms with E-state index in [-0.39, 0.29) is 0 Å². The van der Waals surface area contributed by atoms with E-state index in [1.54, 1.807) is 0 Å². The molecule has 0 bridgehead atoms. The average Bonchev–Trinajstić information content (AvgIpc) is 2.62. The minimum atomic E-state index is 0.525. The average molecular weight is 288 g/mol. The number of hydrogen-bond donors (Lipinski definition) is 1. The van der Waals surface area contributed by atoms with Gasteiger partial charge in [0.2, 0.25) is 0 Å². The second kappa shape index (κ2) is 7.95. The molecule has 2 heteroatoms. The van der Waals surface area contributed by atoms with Gasteiger partial charge in [-0.15, -0.1) is 0 Å². The number of rotatable bonds is 6. The smallest absolute Gasteiger partial charge is 0.0236 e. The van der Waals surface area contributed by atoms with Crippen LogP contribution in [-0.2, 0) is 13.1 Å². The fourth-order valence-corrected chi connectivity index (χ4v) is 3.16. The van der Waals surface area contributed by atoms with Crippen LogP contribution in [0.4, 0.5) is 0 Å². The van der Waals surface area contributed by atoms with Crippen molar-refractivity contribution in [2.24, 2.45) is 5.41 Å². The standard InChI is InChI=1S/C19H32N2/c1-4-12-20-15-17-8-5-6-9-18(17)16-21-13-7-10-19(2,3)11-14-21/h5-6,8-9,20H,4,7,10-16H2,1-3H3. The summed E-state index contributed by atoms with van der Waals surface area (Å²) in [5.41, 5.74) is 3.49. The molecule has 2 rings (SSSR count). The third-order valence-electron chi connectivity index (χ3n) is 4.69. The third-order valence-corrected chi connectivity index (χ3v) is 4.69. The van der Waals surface area contributed by atoms with Gasteiger partial charge in [-0.25, -0.2) is 0 Å². The van der Waals surface area contributed by atoms with Crippen molar-refractivity contribution >= 4 is 0 Å². The van der Waals surface area contributed by atoms with E-state index in [2.05, 4.69) is 55.3 Å². The molecule has 1 aromatic rings. The predicted octanol–water partition coefficient (Wildman–Crippen LogP) is 4.20. The van der Waals surface area contributed by atoms with Crippen molar-refractivity contribution in [3.63, 3.8) is 0 Å². The largest absolute Gasteiger partial charge is 0.313 e. The van der Waals surface area contributed by atoms with Crippen molar-refractivity contribution in [3.8, 4) is 0 Å². The van der Waals surface area contributed by atoms with Crippen LogP contribution in [0.1, 0.15) is 57.6 Å². The first kappa shape index (κ1) is 16.5. The first-order valence-electron chi connectivity index (χ1n) is 8.60. The molecule has 0 atom stereocenters. The Hall–Kier alpha value is -0.860. The van der Waals surface area contributed by atoms with Gasteiger partial charge in [-0.1, -0.05) is 45.0 Å². The zero-order valence-electron chi connectivity index (χ0n) is 14.1. The molecule has 0 radical (unpaired) electrons. The van der Waals surface area contributed by atoms with Crippen LogP contribution in [0.2, 0.25) is 0 Å². The Morgan fingerprint density at radius 2 is 1.86 bits per heavy atom. The van der Waals surface area contributed by atoms with Crippen molar-refractivity contribution in [3.05, 3.63) is 35.4 Å². The number of nitrogens with one attached hydrogen (secondary N) is 1. The van der Waals surface area contributed by atoms with Gasteiger partial charge in [0.15, 0.2) is 0 Å². The Kier molecular flexibility index (Phi) is 6.25. The summed E-state index contributed by atoms with van der Waals surface area (Å²) >= 11 is 0. The van der Waals surface area contributed by atoms with Crippen LogP contribution < -0.4 is 5.32 Å². The maximum absolute atomic E-state index is 3.54. The molecule has 0 saturated carbocycles. The van der Waals surface area contributed by atoms with Gasteiger partial charge in [0.25, 0.3) is 0 Å². The topological polar surface area (TPSA) is 15.3 Å². The number of likely N-dealkylation sites (tertiary alicyclic amines) is 1. The van der Waals surface area contributed by atoms with E-state index < -0.39 is 0 Å². The van der Waals surface area contributed by atoms with E-state index in [0.717, 1.165) is 19.6 Å². The number of hydrogen-bond acceptors (Lipinski definition) is 2. The fourth-order valence-electron chi connectivity index (χ4n) is 3.16. The zero-order chi connectivity index (χ0) is 15.1. The third kappa shape index (κ3) is 5.44. The normalized spacial score (nSPS) is 19.4. The van der Waals surface area contributed by atoms with Gasteiger partial charge in [-0.05, 0) is 61.9 Å². The molecule has 1 fully saturated rings. The molecule has 0 spiro atoms. The van der Waals surface area contributed by atoms with Crippen molar-refractivity contribution < 1.29 is 0 Å². The predicted molar refractivity (Wildman–Crippen MR) is 91.3 cm³/mol. The fraction of sp³-hybridized carbons (Fsp3) is 0.684. The lowest BCUT2D eigenvalue weighted by Gasteiger charge is -2.24. The van der Waals surface area contributed by atoms with Crippen LogP contribution in [-0.4, -0.2) is 24.5 Å². The number of nitrogens with zero attached hydrogens (tertiary/aromatic N) is 1. The summed E-state index contributed by atoms with van der Waals surface area (Å²) in [5.74, 6) is 0. The van der Waals surface area contributed by atoms with Gasteiger partial charge in [-0.3, -0.25) is 4.90 Å². The summed E-state index contributed by atoms with van der Waals surface area (Å²) < 4.78 is 0. The Bertz CT molecular complexity index is 425. The summed E-state index contributed by atoms with van der Waals surface area (Å²) in [5, 5.41) is 3.54. The summed E-state index contributed by atoms with van der Waals surface area (Å²) in [6.45, 7) is 12.8. The summed E-state index contributed by atoms with van der Waals surface area (Å²) in [7, 11) is 0. The van der Waals surface area contributed by atoms with Crippen LogP contribution in [0.25, 0.3) is 0 Å². The molecule has 0 amide bonds. The van der Waals surface area contributed by atoms with Gasteiger partial charge in [0, 0.05) is 13.1 Å². The monoisotopic (exact) mass is 288 g/mol. The SMILES string of the molecule is CCCNCc1ccccc1CN1CCCC(C)(C)CC1. The van der Waals surface area contributed by atoms with E-state index in [1.165, 1.54) is 49.9 Å². The molecule has 0 aliphatic carbocycles. The van der Waals surface area contributed by atoms with E-state index in [0.29, 0.717) is 5.41 Å². The Labute approximate surface area is 130 Å². The van der Waals surface area contributed by atoms with Gasteiger partial charge >= 0.3 is 0 Å². The number of benzene rings is 1. The first-order chi connectivity index (χ1) is 10.1. The Morgan fingerprint density at radius 3 is 2.62 bits per heavy atom. The highest BCUT2D eigenvalue weighted by Gasteiger charge is 2.23. The first-order valence-corrected chi connectivity index (χ1v) is 8.60. The van der Waals surface area contributed by atoms with E-state index in [9.17, 15) is 0 Å². The molecule has 0 unspecified atom stereocenters. The lowest BCUT2D eigenvalue weighted by Crippen LogP contribution is -2.26. The second-order valence-corrected chi connectivity index (χ2v) is 7.24. The highest BCUT2D eigenvalue weighted by Crippen LogP contribution is 2.30. The maximum Gasteiger partial charge on any atom is 0.0236 e. The van der Waals surface area contributed by atoms with Gasteiger partial charge < -0.3 is 5.32 Å². The lowest BCUT2D eigenvalue weighted by molar-refractivity contribution is 0.255. The molecule has 1 saturated heterocycles. The van der Waals surface area contributed by atoms with Crippen LogP contribution in [0.15, 0.2) is 24.3 Å². The molecule has 1 heterocycles. The second-order valence-electron chi connectivity index (χ2n) is 7.24. The quantitative estimate of drug-likeness (QED) is 0.789. The zero-order valence-corrected chi connectivity index (χ0v) is 14.1. The van der Waals surface area contributed by atoms with Gasteiger partial charge in [0.05, 0.1) is 0 Å². The van der Waals surface area contributed by atoms with E-state index in [4.69, 9.17) is 0 Å². The summed E-state index contributed by atoms with van der Waals surface area (Å²) in [6.07, 6.45) is 5.22. The molecular formula is C19H32N2. The molecule has 1 aliphatic heterocycles. The van der Waals surface area contributed by atoms with E-state index >= 15 is 0 Å². The molecular weight excluding hydrogens is 256 g/mol. The molecule has 0 aromatic heterocycles. The highest BCUT2D eigenvalue weighted by atomic mass is 15.1. The van der Waals surface area contributed by atoms with Crippen LogP contribution in [0.5, 0.6) is 0 Å². The van der Waals surface area contributed by atoms with Crippen molar-refractivity contribution in [2.45, 2.75) is 59.5 Å². The molecule has 2 nitrogen and oxygen atoms in total. The van der Waals surface area contributed by atoms with Gasteiger partial charge in [0.1, 0.15) is 0 Å². The molecule has 21 heavy (non-hydrogen) atoms. The highest BCUT2D eigenvalue weighted by molar-refractivity contribution is 5.27. The lowest BCUT2D eigenvalue weighted by atomic mass is 9.85. The summed E-state index contributed by atoms with van der Waals surface area (Å²) in [4.78, 5) is 2.65. The minimum absolute atomic E-state index is 0.525. The van der Waals surface area contributed by atoms with Crippen LogP contribution in [0, 0.1) is 5.41 Å². The van der Waals surface area contributed by atoms with Crippen molar-refractivity contribution in [2.75, 3.05) is 19.6 Å². The van der Waals surface area contributed by atoms with E-state index in [1.807, 2.05) is 0 Å². The summed E-state index contributed by atoms with van der Waals surface area (Å²) in [6, 6.07) is 8.93.